The Kier molecular flexibility index (Phi) is 6.33. The topological polar surface area (TPSA) is 79.7 Å². The third kappa shape index (κ3) is 5.14. The number of methoxy groups -OCH3 is 1. The van der Waals surface area contributed by atoms with Gasteiger partial charge in [0.25, 0.3) is 0 Å². The van der Waals surface area contributed by atoms with Crippen molar-refractivity contribution in [3.05, 3.63) is 82.5 Å². The maximum Gasteiger partial charge on any atom is 0.343 e. The van der Waals surface area contributed by atoms with Crippen molar-refractivity contribution in [2.45, 2.75) is 32.2 Å². The van der Waals surface area contributed by atoms with Crippen LogP contribution >= 0.6 is 11.6 Å². The zero-order valence-electron chi connectivity index (χ0n) is 19.0. The first-order chi connectivity index (χ1) is 15.7. The van der Waals surface area contributed by atoms with Gasteiger partial charge in [0.15, 0.2) is 5.82 Å². The fourth-order valence-corrected chi connectivity index (χ4v) is 3.81. The fourth-order valence-electron chi connectivity index (χ4n) is 3.68. The molecule has 1 atom stereocenters. The quantitative estimate of drug-likeness (QED) is 0.528. The first kappa shape index (κ1) is 22.7. The van der Waals surface area contributed by atoms with Gasteiger partial charge < -0.3 is 10.1 Å². The van der Waals surface area contributed by atoms with Crippen LogP contribution in [-0.4, -0.2) is 40.8 Å². The molecule has 33 heavy (non-hydrogen) atoms. The van der Waals surface area contributed by atoms with Crippen molar-refractivity contribution >= 4 is 35.0 Å². The molecule has 1 N–H and O–H groups in total. The minimum Gasteiger partial charge on any atom is -0.465 e. The predicted octanol–water partition coefficient (Wildman–Crippen LogP) is 5.14. The van der Waals surface area contributed by atoms with E-state index in [0.717, 1.165) is 16.8 Å². The van der Waals surface area contributed by atoms with Crippen LogP contribution < -0.4 is 10.3 Å². The van der Waals surface area contributed by atoms with E-state index >= 15 is 0 Å². The molecule has 0 radical (unpaired) electrons. The zero-order valence-corrected chi connectivity index (χ0v) is 19.8. The molecule has 0 saturated heterocycles. The zero-order chi connectivity index (χ0) is 23.6. The molecule has 0 saturated carbocycles. The SMILES string of the molecule is COC(=O)c1cnc(NC(C)(C)C)nc1N1CC(c2ccccc2)C(c2ccc(Cl)cc2)=N1. The number of carbonyl (C=O) groups is 1. The van der Waals surface area contributed by atoms with Crippen molar-refractivity contribution in [1.82, 2.24) is 9.97 Å². The highest BCUT2D eigenvalue weighted by atomic mass is 35.5. The largest absolute Gasteiger partial charge is 0.465 e. The summed E-state index contributed by atoms with van der Waals surface area (Å²) >= 11 is 6.11. The summed E-state index contributed by atoms with van der Waals surface area (Å²) in [4.78, 5) is 21.5. The highest BCUT2D eigenvalue weighted by Gasteiger charge is 2.33. The minimum atomic E-state index is -0.515. The molecule has 170 valence electrons. The average Bonchev–Trinajstić information content (AvgIpc) is 3.24. The van der Waals surface area contributed by atoms with Gasteiger partial charge in [0, 0.05) is 22.7 Å². The third-order valence-electron chi connectivity index (χ3n) is 5.16. The molecule has 0 spiro atoms. The van der Waals surface area contributed by atoms with Crippen molar-refractivity contribution in [2.24, 2.45) is 5.10 Å². The van der Waals surface area contributed by atoms with E-state index in [1.165, 1.54) is 13.3 Å². The van der Waals surface area contributed by atoms with E-state index in [-0.39, 0.29) is 17.0 Å². The van der Waals surface area contributed by atoms with Gasteiger partial charge in [-0.05, 0) is 44.0 Å². The molecule has 7 nitrogen and oxygen atoms in total. The lowest BCUT2D eigenvalue weighted by atomic mass is 9.91. The number of hydrogen-bond donors (Lipinski definition) is 1. The predicted molar refractivity (Wildman–Crippen MR) is 131 cm³/mol. The highest BCUT2D eigenvalue weighted by molar-refractivity contribution is 6.30. The molecule has 0 aliphatic carbocycles. The number of halogens is 1. The molecule has 4 rings (SSSR count). The van der Waals surface area contributed by atoms with Gasteiger partial charge in [0.05, 0.1) is 19.4 Å². The monoisotopic (exact) mass is 463 g/mol. The maximum absolute atomic E-state index is 12.5. The molecular formula is C25H26ClN5O2. The van der Waals surface area contributed by atoms with E-state index in [1.54, 1.807) is 5.01 Å². The third-order valence-corrected chi connectivity index (χ3v) is 5.41. The number of nitrogens with zero attached hydrogens (tertiary/aromatic N) is 4. The van der Waals surface area contributed by atoms with E-state index in [4.69, 9.17) is 21.4 Å². The van der Waals surface area contributed by atoms with Crippen LogP contribution in [0.25, 0.3) is 0 Å². The molecular weight excluding hydrogens is 438 g/mol. The summed E-state index contributed by atoms with van der Waals surface area (Å²) in [6, 6.07) is 17.8. The average molecular weight is 464 g/mol. The van der Waals surface area contributed by atoms with Gasteiger partial charge >= 0.3 is 5.97 Å². The molecule has 3 aromatic rings. The Morgan fingerprint density at radius 3 is 2.45 bits per heavy atom. The van der Waals surface area contributed by atoms with Gasteiger partial charge in [-0.3, -0.25) is 0 Å². The number of nitrogens with one attached hydrogen (secondary N) is 1. The van der Waals surface area contributed by atoms with Crippen molar-refractivity contribution in [3.8, 4) is 0 Å². The summed E-state index contributed by atoms with van der Waals surface area (Å²) in [5, 5.41) is 10.6. The lowest BCUT2D eigenvalue weighted by Crippen LogP contribution is -2.28. The number of esters is 1. The molecule has 0 bridgehead atoms. The Morgan fingerprint density at radius 1 is 1.12 bits per heavy atom. The van der Waals surface area contributed by atoms with Gasteiger partial charge in [0.2, 0.25) is 5.95 Å². The van der Waals surface area contributed by atoms with Crippen molar-refractivity contribution in [2.75, 3.05) is 24.0 Å². The minimum absolute atomic E-state index is 0.0214. The molecule has 2 heterocycles. The first-order valence-corrected chi connectivity index (χ1v) is 11.0. The van der Waals surface area contributed by atoms with Crippen LogP contribution in [0.3, 0.4) is 0 Å². The second kappa shape index (κ2) is 9.19. The summed E-state index contributed by atoms with van der Waals surface area (Å²) in [7, 11) is 1.34. The standard InChI is InChI=1S/C25H26ClN5O2/c1-25(2,3)29-24-27-14-19(23(32)33-4)22(28-24)31-15-20(16-8-6-5-7-9-16)21(30-31)17-10-12-18(26)13-11-17/h5-14,20H,15H2,1-4H3,(H,27,28,29). The van der Waals surface area contributed by atoms with E-state index in [9.17, 15) is 4.79 Å². The van der Waals surface area contributed by atoms with Gasteiger partial charge in [-0.15, -0.1) is 0 Å². The Hall–Kier alpha value is -3.45. The second-order valence-electron chi connectivity index (χ2n) is 8.83. The van der Waals surface area contributed by atoms with Gasteiger partial charge in [-0.1, -0.05) is 54.1 Å². The van der Waals surface area contributed by atoms with Gasteiger partial charge in [-0.25, -0.2) is 14.8 Å². The molecule has 2 aromatic carbocycles. The lowest BCUT2D eigenvalue weighted by Gasteiger charge is -2.22. The smallest absolute Gasteiger partial charge is 0.343 e. The van der Waals surface area contributed by atoms with Crippen LogP contribution in [0.4, 0.5) is 11.8 Å². The number of anilines is 2. The van der Waals surface area contributed by atoms with Crippen LogP contribution in [0.1, 0.15) is 48.2 Å². The fraction of sp³-hybridized carbons (Fsp3) is 0.280. The molecule has 0 fully saturated rings. The van der Waals surface area contributed by atoms with Crippen LogP contribution in [0.5, 0.6) is 0 Å². The van der Waals surface area contributed by atoms with E-state index in [2.05, 4.69) is 27.4 Å². The highest BCUT2D eigenvalue weighted by Crippen LogP contribution is 2.33. The molecule has 1 aliphatic rings. The van der Waals surface area contributed by atoms with E-state index in [0.29, 0.717) is 23.3 Å². The Labute approximate surface area is 198 Å². The Morgan fingerprint density at radius 2 is 1.82 bits per heavy atom. The Bertz CT molecular complexity index is 1170. The van der Waals surface area contributed by atoms with Crippen LogP contribution in [0.15, 0.2) is 65.9 Å². The molecule has 1 aliphatic heterocycles. The van der Waals surface area contributed by atoms with Crippen LogP contribution in [-0.2, 0) is 4.74 Å². The van der Waals surface area contributed by atoms with E-state index < -0.39 is 5.97 Å². The summed E-state index contributed by atoms with van der Waals surface area (Å²) in [6.45, 7) is 6.56. The van der Waals surface area contributed by atoms with Gasteiger partial charge in [-0.2, -0.15) is 10.1 Å². The summed E-state index contributed by atoms with van der Waals surface area (Å²) < 4.78 is 4.98. The maximum atomic E-state index is 12.5. The number of carbonyl (C=O) groups excluding carboxylic acids is 1. The molecule has 1 aromatic heterocycles. The lowest BCUT2D eigenvalue weighted by molar-refractivity contribution is 0.0600. The van der Waals surface area contributed by atoms with Crippen LogP contribution in [0.2, 0.25) is 5.02 Å². The Balaban J connectivity index is 1.81. The van der Waals surface area contributed by atoms with Crippen LogP contribution in [0, 0.1) is 0 Å². The number of rotatable bonds is 5. The van der Waals surface area contributed by atoms with Crippen molar-refractivity contribution in [3.63, 3.8) is 0 Å². The van der Waals surface area contributed by atoms with Gasteiger partial charge in [0.1, 0.15) is 5.56 Å². The van der Waals surface area contributed by atoms with Crippen molar-refractivity contribution < 1.29 is 9.53 Å². The number of benzene rings is 2. The van der Waals surface area contributed by atoms with E-state index in [1.807, 2.05) is 63.2 Å². The summed E-state index contributed by atoms with van der Waals surface area (Å²) in [6.07, 6.45) is 1.48. The normalized spacial score (nSPS) is 15.8. The van der Waals surface area contributed by atoms with Crippen molar-refractivity contribution in [1.29, 1.82) is 0 Å². The molecule has 0 amide bonds. The number of ether oxygens (including phenoxy) is 1. The number of hydrazone groups is 1. The first-order valence-electron chi connectivity index (χ1n) is 10.7. The summed E-state index contributed by atoms with van der Waals surface area (Å²) in [5.74, 6) is 0.274. The summed E-state index contributed by atoms with van der Waals surface area (Å²) in [5.41, 5.74) is 2.95. The number of hydrogen-bond acceptors (Lipinski definition) is 7. The molecule has 8 heteroatoms. The molecule has 1 unspecified atom stereocenters. The number of aromatic nitrogens is 2. The second-order valence-corrected chi connectivity index (χ2v) is 9.27.